The van der Waals surface area contributed by atoms with Crippen LogP contribution in [0.15, 0.2) is 66.0 Å². The van der Waals surface area contributed by atoms with Crippen molar-refractivity contribution in [2.24, 2.45) is 0 Å². The Labute approximate surface area is 188 Å². The molecule has 6 aromatic rings. The maximum absolute atomic E-state index is 14.3. The van der Waals surface area contributed by atoms with Gasteiger partial charge in [-0.15, -0.1) is 0 Å². The number of hydrogen-bond acceptors (Lipinski definition) is 3. The van der Waals surface area contributed by atoms with Crippen molar-refractivity contribution >= 4 is 22.1 Å². The summed E-state index contributed by atoms with van der Waals surface area (Å²) in [5.41, 5.74) is 2.57. The van der Waals surface area contributed by atoms with E-state index in [4.69, 9.17) is 0 Å². The molecular weight excluding hydrogens is 445 g/mol. The van der Waals surface area contributed by atoms with Crippen LogP contribution in [0, 0.1) is 17.5 Å². The molecule has 0 aliphatic heterocycles. The molecule has 0 atom stereocenters. The van der Waals surface area contributed by atoms with Gasteiger partial charge in [-0.2, -0.15) is 0 Å². The van der Waals surface area contributed by atoms with E-state index in [1.54, 1.807) is 12.3 Å². The molecule has 0 saturated carbocycles. The van der Waals surface area contributed by atoms with Crippen molar-refractivity contribution < 1.29 is 13.2 Å². The van der Waals surface area contributed by atoms with Gasteiger partial charge < -0.3 is 19.5 Å². The number of halogens is 3. The van der Waals surface area contributed by atoms with Crippen LogP contribution in [-0.2, 0) is 6.54 Å². The monoisotopic (exact) mass is 460 g/mol. The fourth-order valence-electron chi connectivity index (χ4n) is 4.13. The highest BCUT2D eigenvalue weighted by Gasteiger charge is 2.19. The lowest BCUT2D eigenvalue weighted by Gasteiger charge is -2.06. The van der Waals surface area contributed by atoms with Crippen molar-refractivity contribution in [3.8, 4) is 22.4 Å². The van der Waals surface area contributed by atoms with Crippen LogP contribution in [0.25, 0.3) is 44.5 Å². The SMILES string of the molecule is O=c1c2[nH]cc(-c3c(F)cc(F)cc3F)c2ccn1Cc1nc2ncc(-c3ccc[nH]3)cc2[nH]1. The molecule has 7 nitrogen and oxygen atoms in total. The Morgan fingerprint density at radius 3 is 2.62 bits per heavy atom. The second-order valence-electron chi connectivity index (χ2n) is 7.85. The second kappa shape index (κ2) is 7.48. The molecule has 3 N–H and O–H groups in total. The van der Waals surface area contributed by atoms with Crippen LogP contribution in [0.1, 0.15) is 5.82 Å². The normalized spacial score (nSPS) is 11.6. The van der Waals surface area contributed by atoms with E-state index in [9.17, 15) is 18.0 Å². The predicted molar refractivity (Wildman–Crippen MR) is 121 cm³/mol. The van der Waals surface area contributed by atoms with Gasteiger partial charge in [0.2, 0.25) is 0 Å². The summed E-state index contributed by atoms with van der Waals surface area (Å²) >= 11 is 0. The first-order valence-electron chi connectivity index (χ1n) is 10.3. The Hall–Kier alpha value is -4.60. The first kappa shape index (κ1) is 20.0. The molecule has 0 aliphatic rings. The summed E-state index contributed by atoms with van der Waals surface area (Å²) < 4.78 is 43.3. The third-order valence-electron chi connectivity index (χ3n) is 5.71. The van der Waals surface area contributed by atoms with Crippen LogP contribution >= 0.6 is 0 Å². The van der Waals surface area contributed by atoms with E-state index in [1.807, 2.05) is 24.4 Å². The molecule has 1 aromatic carbocycles. The molecule has 34 heavy (non-hydrogen) atoms. The number of H-pyrrole nitrogens is 3. The number of benzene rings is 1. The third-order valence-corrected chi connectivity index (χ3v) is 5.71. The van der Waals surface area contributed by atoms with Gasteiger partial charge >= 0.3 is 0 Å². The number of nitrogens with zero attached hydrogens (tertiary/aromatic N) is 3. The molecule has 0 radical (unpaired) electrons. The summed E-state index contributed by atoms with van der Waals surface area (Å²) in [4.78, 5) is 31.0. The van der Waals surface area contributed by atoms with Crippen LogP contribution in [0.5, 0.6) is 0 Å². The maximum atomic E-state index is 14.3. The van der Waals surface area contributed by atoms with Gasteiger partial charge in [0.25, 0.3) is 5.56 Å². The molecule has 0 amide bonds. The Kier molecular flexibility index (Phi) is 4.41. The smallest absolute Gasteiger partial charge is 0.275 e. The predicted octanol–water partition coefficient (Wildman–Crippen LogP) is 4.73. The number of rotatable bonds is 4. The van der Waals surface area contributed by atoms with Gasteiger partial charge in [0.1, 0.15) is 28.8 Å². The van der Waals surface area contributed by atoms with Gasteiger partial charge in [-0.25, -0.2) is 23.1 Å². The number of fused-ring (bicyclic) bond motifs is 2. The molecule has 0 spiro atoms. The van der Waals surface area contributed by atoms with E-state index >= 15 is 0 Å². The zero-order valence-electron chi connectivity index (χ0n) is 17.4. The Bertz CT molecular complexity index is 1720. The van der Waals surface area contributed by atoms with E-state index < -0.39 is 28.6 Å². The molecule has 5 heterocycles. The largest absolute Gasteiger partial charge is 0.361 e. The van der Waals surface area contributed by atoms with Crippen LogP contribution in [0.3, 0.4) is 0 Å². The average Bonchev–Trinajstić information content (AvgIpc) is 3.54. The lowest BCUT2D eigenvalue weighted by molar-refractivity contribution is 0.548. The summed E-state index contributed by atoms with van der Waals surface area (Å²) in [5.74, 6) is -2.58. The molecule has 0 unspecified atom stereocenters. The lowest BCUT2D eigenvalue weighted by Crippen LogP contribution is -2.20. The highest BCUT2D eigenvalue weighted by Crippen LogP contribution is 2.32. The molecule has 168 valence electrons. The van der Waals surface area contributed by atoms with Crippen molar-refractivity contribution in [2.45, 2.75) is 6.54 Å². The van der Waals surface area contributed by atoms with Gasteiger partial charge in [0.15, 0.2) is 5.65 Å². The number of aromatic nitrogens is 6. The molecule has 10 heteroatoms. The van der Waals surface area contributed by atoms with Crippen molar-refractivity contribution in [1.29, 1.82) is 0 Å². The first-order chi connectivity index (χ1) is 16.5. The quantitative estimate of drug-likeness (QED) is 0.355. The fraction of sp³-hybridized carbons (Fsp3) is 0.0417. The second-order valence-corrected chi connectivity index (χ2v) is 7.85. The topological polar surface area (TPSA) is 95.2 Å². The maximum Gasteiger partial charge on any atom is 0.275 e. The van der Waals surface area contributed by atoms with E-state index in [1.165, 1.54) is 17.0 Å². The van der Waals surface area contributed by atoms with Gasteiger partial charge in [0.05, 0.1) is 17.6 Å². The fourth-order valence-corrected chi connectivity index (χ4v) is 4.13. The van der Waals surface area contributed by atoms with Crippen molar-refractivity contribution in [3.05, 3.63) is 94.8 Å². The van der Waals surface area contributed by atoms with E-state index in [0.29, 0.717) is 29.0 Å². The Morgan fingerprint density at radius 2 is 1.85 bits per heavy atom. The van der Waals surface area contributed by atoms with Crippen molar-refractivity contribution in [3.63, 3.8) is 0 Å². The standard InChI is InChI=1S/C24H15F3N6O/c25-13-7-16(26)21(17(27)8-13)15-10-29-22-14(15)3-5-33(24(22)34)11-20-31-19-6-12(9-30-23(19)32-20)18-2-1-4-28-18/h1-10,28-29H,11H2,(H,30,31,32). The van der Waals surface area contributed by atoms with Crippen LogP contribution < -0.4 is 5.56 Å². The van der Waals surface area contributed by atoms with Crippen LogP contribution in [0.4, 0.5) is 13.2 Å². The van der Waals surface area contributed by atoms with Gasteiger partial charge in [0, 0.05) is 59.1 Å². The van der Waals surface area contributed by atoms with Crippen molar-refractivity contribution in [2.75, 3.05) is 0 Å². The van der Waals surface area contributed by atoms with E-state index in [-0.39, 0.29) is 17.6 Å². The van der Waals surface area contributed by atoms with Crippen LogP contribution in [0.2, 0.25) is 0 Å². The molecule has 0 saturated heterocycles. The zero-order chi connectivity index (χ0) is 23.4. The highest BCUT2D eigenvalue weighted by molar-refractivity contribution is 5.95. The third kappa shape index (κ3) is 3.19. The molecule has 5 aromatic heterocycles. The molecular formula is C24H15F3N6O. The lowest BCUT2D eigenvalue weighted by atomic mass is 10.0. The Morgan fingerprint density at radius 1 is 1.03 bits per heavy atom. The molecule has 0 fully saturated rings. The molecule has 6 rings (SSSR count). The van der Waals surface area contributed by atoms with E-state index in [2.05, 4.69) is 24.9 Å². The van der Waals surface area contributed by atoms with Gasteiger partial charge in [-0.3, -0.25) is 4.79 Å². The summed E-state index contributed by atoms with van der Waals surface area (Å²) in [5, 5.41) is 0.326. The minimum atomic E-state index is -1.05. The number of pyridine rings is 2. The van der Waals surface area contributed by atoms with Gasteiger partial charge in [-0.05, 0) is 24.3 Å². The number of nitrogens with one attached hydrogen (secondary N) is 3. The van der Waals surface area contributed by atoms with Crippen molar-refractivity contribution in [1.82, 2.24) is 29.5 Å². The minimum Gasteiger partial charge on any atom is -0.361 e. The van der Waals surface area contributed by atoms with E-state index in [0.717, 1.165) is 16.8 Å². The number of aromatic amines is 3. The molecule has 0 bridgehead atoms. The summed E-state index contributed by atoms with van der Waals surface area (Å²) in [6, 6.07) is 8.54. The zero-order valence-corrected chi connectivity index (χ0v) is 17.4. The Balaban J connectivity index is 1.37. The number of hydrogen-bond donors (Lipinski definition) is 3. The summed E-state index contributed by atoms with van der Waals surface area (Å²) in [7, 11) is 0. The highest BCUT2D eigenvalue weighted by atomic mass is 19.1. The summed E-state index contributed by atoms with van der Waals surface area (Å²) in [6.45, 7) is 0.136. The van der Waals surface area contributed by atoms with Gasteiger partial charge in [-0.1, -0.05) is 0 Å². The first-order valence-corrected chi connectivity index (χ1v) is 10.3. The van der Waals surface area contributed by atoms with Crippen LogP contribution in [-0.4, -0.2) is 29.5 Å². The number of imidazole rings is 1. The minimum absolute atomic E-state index is 0.136. The average molecular weight is 460 g/mol. The molecule has 0 aliphatic carbocycles. The summed E-state index contributed by atoms with van der Waals surface area (Å²) in [6.07, 6.45) is 6.39.